The number of carboxylic acids is 1. The van der Waals surface area contributed by atoms with Crippen molar-refractivity contribution < 1.29 is 9.90 Å². The Kier molecular flexibility index (Phi) is 4.19. The van der Waals surface area contributed by atoms with Crippen LogP contribution in [0.3, 0.4) is 0 Å². The molecule has 0 radical (unpaired) electrons. The predicted octanol–water partition coefficient (Wildman–Crippen LogP) is 1.55. The van der Waals surface area contributed by atoms with Gasteiger partial charge in [-0.2, -0.15) is 0 Å². The molecule has 1 saturated carbocycles. The molecule has 2 rings (SSSR count). The summed E-state index contributed by atoms with van der Waals surface area (Å²) in [4.78, 5) is 19.3. The SMILES string of the molecule is CC(CCSc1ccncn1)(NC1CC1)C(=O)O. The first kappa shape index (κ1) is 13.3. The summed E-state index contributed by atoms with van der Waals surface area (Å²) >= 11 is 1.56. The van der Waals surface area contributed by atoms with Gasteiger partial charge >= 0.3 is 5.97 Å². The van der Waals surface area contributed by atoms with Crippen LogP contribution < -0.4 is 5.32 Å². The maximum Gasteiger partial charge on any atom is 0.323 e. The molecule has 1 unspecified atom stereocenters. The molecule has 1 aromatic rings. The summed E-state index contributed by atoms with van der Waals surface area (Å²) in [5.74, 6) is -0.0582. The van der Waals surface area contributed by atoms with Crippen LogP contribution in [0.2, 0.25) is 0 Å². The topological polar surface area (TPSA) is 75.1 Å². The number of carboxylic acid groups (broad SMARTS) is 1. The maximum absolute atomic E-state index is 11.3. The molecule has 1 heterocycles. The number of nitrogens with one attached hydrogen (secondary N) is 1. The zero-order valence-electron chi connectivity index (χ0n) is 10.3. The van der Waals surface area contributed by atoms with E-state index in [1.807, 2.05) is 6.07 Å². The zero-order valence-corrected chi connectivity index (χ0v) is 11.1. The fraction of sp³-hybridized carbons (Fsp3) is 0.583. The highest BCUT2D eigenvalue weighted by Gasteiger charge is 2.37. The van der Waals surface area contributed by atoms with Crippen molar-refractivity contribution in [2.24, 2.45) is 0 Å². The van der Waals surface area contributed by atoms with Crippen molar-refractivity contribution in [3.8, 4) is 0 Å². The van der Waals surface area contributed by atoms with Crippen molar-refractivity contribution in [1.82, 2.24) is 15.3 Å². The number of hydrogen-bond donors (Lipinski definition) is 2. The second-order valence-corrected chi connectivity index (χ2v) is 5.82. The van der Waals surface area contributed by atoms with Gasteiger partial charge in [0.05, 0.1) is 5.03 Å². The van der Waals surface area contributed by atoms with Gasteiger partial charge in [0.15, 0.2) is 0 Å². The quantitative estimate of drug-likeness (QED) is 0.577. The second kappa shape index (κ2) is 5.67. The van der Waals surface area contributed by atoms with E-state index in [9.17, 15) is 9.90 Å². The minimum atomic E-state index is -0.832. The number of rotatable bonds is 7. The van der Waals surface area contributed by atoms with Crippen LogP contribution in [0.25, 0.3) is 0 Å². The van der Waals surface area contributed by atoms with Crippen molar-refractivity contribution in [3.05, 3.63) is 18.6 Å². The average Bonchev–Trinajstić information content (AvgIpc) is 3.14. The van der Waals surface area contributed by atoms with Crippen LogP contribution in [0.5, 0.6) is 0 Å². The first-order valence-electron chi connectivity index (χ1n) is 6.00. The highest BCUT2D eigenvalue weighted by atomic mass is 32.2. The fourth-order valence-electron chi connectivity index (χ4n) is 1.64. The summed E-state index contributed by atoms with van der Waals surface area (Å²) in [5, 5.41) is 13.4. The van der Waals surface area contributed by atoms with Crippen LogP contribution in [0.15, 0.2) is 23.6 Å². The Balaban J connectivity index is 1.84. The van der Waals surface area contributed by atoms with Gasteiger partial charge < -0.3 is 5.11 Å². The molecule has 1 atom stereocenters. The van der Waals surface area contributed by atoms with Crippen LogP contribution in [-0.4, -0.2) is 38.4 Å². The van der Waals surface area contributed by atoms with Crippen molar-refractivity contribution in [2.75, 3.05) is 5.75 Å². The number of carbonyl (C=O) groups is 1. The monoisotopic (exact) mass is 267 g/mol. The van der Waals surface area contributed by atoms with Crippen molar-refractivity contribution >= 4 is 17.7 Å². The summed E-state index contributed by atoms with van der Waals surface area (Å²) in [6, 6.07) is 2.21. The summed E-state index contributed by atoms with van der Waals surface area (Å²) < 4.78 is 0. The van der Waals surface area contributed by atoms with E-state index in [-0.39, 0.29) is 0 Å². The lowest BCUT2D eigenvalue weighted by Crippen LogP contribution is -2.50. The molecule has 0 aliphatic heterocycles. The molecule has 1 aliphatic carbocycles. The zero-order chi connectivity index (χ0) is 13.0. The molecule has 0 bridgehead atoms. The summed E-state index contributed by atoms with van der Waals surface area (Å²) in [6.45, 7) is 1.76. The minimum Gasteiger partial charge on any atom is -0.480 e. The number of thioether (sulfide) groups is 1. The van der Waals surface area contributed by atoms with E-state index in [2.05, 4.69) is 15.3 Å². The highest BCUT2D eigenvalue weighted by Crippen LogP contribution is 2.26. The Morgan fingerprint density at radius 2 is 2.44 bits per heavy atom. The lowest BCUT2D eigenvalue weighted by molar-refractivity contribution is -0.144. The average molecular weight is 267 g/mol. The molecule has 0 amide bonds. The van der Waals surface area contributed by atoms with Gasteiger partial charge in [-0.05, 0) is 32.3 Å². The summed E-state index contributed by atoms with van der Waals surface area (Å²) in [6.07, 6.45) is 5.94. The third kappa shape index (κ3) is 3.68. The molecular formula is C12H17N3O2S. The van der Waals surface area contributed by atoms with E-state index in [0.29, 0.717) is 12.5 Å². The molecule has 2 N–H and O–H groups in total. The molecule has 0 spiro atoms. The Morgan fingerprint density at radius 3 is 3.00 bits per heavy atom. The van der Waals surface area contributed by atoms with Crippen LogP contribution >= 0.6 is 11.8 Å². The highest BCUT2D eigenvalue weighted by molar-refractivity contribution is 7.99. The maximum atomic E-state index is 11.3. The van der Waals surface area contributed by atoms with Gasteiger partial charge in [-0.1, -0.05) is 0 Å². The summed E-state index contributed by atoms with van der Waals surface area (Å²) in [5.41, 5.74) is -0.832. The largest absolute Gasteiger partial charge is 0.480 e. The molecule has 1 aromatic heterocycles. The number of nitrogens with zero attached hydrogens (tertiary/aromatic N) is 2. The smallest absolute Gasteiger partial charge is 0.323 e. The van der Waals surface area contributed by atoms with Gasteiger partial charge in [0, 0.05) is 18.0 Å². The second-order valence-electron chi connectivity index (χ2n) is 4.70. The minimum absolute atomic E-state index is 0.384. The molecule has 98 valence electrons. The fourth-order valence-corrected chi connectivity index (χ4v) is 2.64. The van der Waals surface area contributed by atoms with Gasteiger partial charge in [0.2, 0.25) is 0 Å². The Hall–Kier alpha value is -1.14. The molecule has 1 aliphatic rings. The van der Waals surface area contributed by atoms with Gasteiger partial charge in [-0.25, -0.2) is 9.97 Å². The van der Waals surface area contributed by atoms with Crippen molar-refractivity contribution in [2.45, 2.75) is 42.8 Å². The van der Waals surface area contributed by atoms with E-state index in [4.69, 9.17) is 0 Å². The first-order valence-corrected chi connectivity index (χ1v) is 6.99. The van der Waals surface area contributed by atoms with Crippen LogP contribution in [0.1, 0.15) is 26.2 Å². The van der Waals surface area contributed by atoms with E-state index >= 15 is 0 Å². The number of hydrogen-bond acceptors (Lipinski definition) is 5. The molecule has 6 heteroatoms. The van der Waals surface area contributed by atoms with E-state index < -0.39 is 11.5 Å². The molecule has 5 nitrogen and oxygen atoms in total. The Bertz CT molecular complexity index is 411. The number of aromatic nitrogens is 2. The Morgan fingerprint density at radius 1 is 1.67 bits per heavy atom. The molecule has 18 heavy (non-hydrogen) atoms. The standard InChI is InChI=1S/C12H17N3O2S/c1-12(11(16)17,15-9-2-3-9)5-7-18-10-4-6-13-8-14-10/h4,6,8-9,15H,2-3,5,7H2,1H3,(H,16,17). The van der Waals surface area contributed by atoms with E-state index in [1.165, 1.54) is 6.33 Å². The molecule has 1 fully saturated rings. The lowest BCUT2D eigenvalue weighted by Gasteiger charge is -2.26. The van der Waals surface area contributed by atoms with Gasteiger partial charge in [-0.3, -0.25) is 10.1 Å². The Labute approximate surface area is 110 Å². The third-order valence-electron chi connectivity index (χ3n) is 2.98. The predicted molar refractivity (Wildman–Crippen MR) is 69.6 cm³/mol. The lowest BCUT2D eigenvalue weighted by atomic mass is 9.99. The normalized spacial score (nSPS) is 18.3. The van der Waals surface area contributed by atoms with Crippen molar-refractivity contribution in [3.63, 3.8) is 0 Å². The first-order chi connectivity index (χ1) is 8.60. The van der Waals surface area contributed by atoms with E-state index in [0.717, 1.165) is 23.6 Å². The van der Waals surface area contributed by atoms with E-state index in [1.54, 1.807) is 24.9 Å². The van der Waals surface area contributed by atoms with Gasteiger partial charge in [0.25, 0.3) is 0 Å². The van der Waals surface area contributed by atoms with Gasteiger partial charge in [0.1, 0.15) is 11.9 Å². The third-order valence-corrected chi connectivity index (χ3v) is 3.92. The van der Waals surface area contributed by atoms with Crippen LogP contribution in [0, 0.1) is 0 Å². The number of aliphatic carboxylic acids is 1. The van der Waals surface area contributed by atoms with Gasteiger partial charge in [-0.15, -0.1) is 11.8 Å². The molecular weight excluding hydrogens is 250 g/mol. The van der Waals surface area contributed by atoms with Crippen LogP contribution in [-0.2, 0) is 4.79 Å². The molecule has 0 aromatic carbocycles. The van der Waals surface area contributed by atoms with Crippen LogP contribution in [0.4, 0.5) is 0 Å². The summed E-state index contributed by atoms with van der Waals surface area (Å²) in [7, 11) is 0. The molecule has 0 saturated heterocycles. The van der Waals surface area contributed by atoms with Crippen molar-refractivity contribution in [1.29, 1.82) is 0 Å².